The number of amides is 1. The molecule has 9 heteroatoms. The molecule has 3 rings (SSSR count). The first-order valence-corrected chi connectivity index (χ1v) is 9.22. The number of carbonyl (C=O) groups is 1. The van der Waals surface area contributed by atoms with Gasteiger partial charge >= 0.3 is 6.09 Å². The van der Waals surface area contributed by atoms with E-state index < -0.39 is 46.6 Å². The number of nitrogens with zero attached hydrogens (tertiary/aromatic N) is 4. The van der Waals surface area contributed by atoms with Crippen molar-refractivity contribution in [3.8, 4) is 18.2 Å². The molecule has 1 fully saturated rings. The van der Waals surface area contributed by atoms with Crippen LogP contribution < -0.4 is 0 Å². The fourth-order valence-corrected chi connectivity index (χ4v) is 4.27. The second kappa shape index (κ2) is 7.93. The SMILES string of the molecule is CCOC(=O)N1CC=C2C(C#N)C(=N)C(C#N)(C#N)[C@@H](c3ccc(F)cc3F)[C@@H]2C1. The Hall–Kier alpha value is -3.77. The highest BCUT2D eigenvalue weighted by atomic mass is 19.1. The maximum atomic E-state index is 14.8. The summed E-state index contributed by atoms with van der Waals surface area (Å²) in [5, 5.41) is 37.9. The topological polar surface area (TPSA) is 125 Å². The molecule has 1 aliphatic heterocycles. The second-order valence-corrected chi connectivity index (χ2v) is 7.07. The molecular formula is C21H17F2N5O2. The van der Waals surface area contributed by atoms with Gasteiger partial charge in [0, 0.05) is 31.0 Å². The van der Waals surface area contributed by atoms with E-state index in [4.69, 9.17) is 10.1 Å². The molecule has 152 valence electrons. The molecule has 1 amide bonds. The number of benzene rings is 1. The zero-order chi connectivity index (χ0) is 22.1. The third kappa shape index (κ3) is 3.07. The van der Waals surface area contributed by atoms with Crippen LogP contribution in [0.15, 0.2) is 29.8 Å². The summed E-state index contributed by atoms with van der Waals surface area (Å²) in [7, 11) is 0. The van der Waals surface area contributed by atoms with E-state index in [1.54, 1.807) is 13.0 Å². The van der Waals surface area contributed by atoms with Crippen LogP contribution in [0.25, 0.3) is 0 Å². The minimum absolute atomic E-state index is 0.0390. The third-order valence-electron chi connectivity index (χ3n) is 5.61. The summed E-state index contributed by atoms with van der Waals surface area (Å²) in [6.07, 6.45) is 0.959. The number of ether oxygens (including phenoxy) is 1. The highest BCUT2D eigenvalue weighted by Crippen LogP contribution is 2.53. The normalized spacial score (nSPS) is 24.5. The first kappa shape index (κ1) is 21.0. The molecule has 1 aliphatic carbocycles. The summed E-state index contributed by atoms with van der Waals surface area (Å²) in [4.78, 5) is 13.6. The lowest BCUT2D eigenvalue weighted by Crippen LogP contribution is -2.53. The Morgan fingerprint density at radius 1 is 1.33 bits per heavy atom. The summed E-state index contributed by atoms with van der Waals surface area (Å²) < 4.78 is 33.3. The molecule has 30 heavy (non-hydrogen) atoms. The number of hydrogen-bond acceptors (Lipinski definition) is 6. The molecule has 0 radical (unpaired) electrons. The monoisotopic (exact) mass is 409 g/mol. The zero-order valence-electron chi connectivity index (χ0n) is 16.0. The van der Waals surface area contributed by atoms with E-state index in [1.807, 2.05) is 18.2 Å². The number of fused-ring (bicyclic) bond motifs is 1. The lowest BCUT2D eigenvalue weighted by Gasteiger charge is -2.47. The quantitative estimate of drug-likeness (QED) is 0.751. The number of nitriles is 3. The van der Waals surface area contributed by atoms with Crippen LogP contribution in [0, 0.1) is 68.3 Å². The molecule has 1 aromatic rings. The molecule has 1 heterocycles. The van der Waals surface area contributed by atoms with Crippen molar-refractivity contribution in [1.29, 1.82) is 21.2 Å². The van der Waals surface area contributed by atoms with E-state index in [-0.39, 0.29) is 25.3 Å². The predicted octanol–water partition coefficient (Wildman–Crippen LogP) is 3.27. The van der Waals surface area contributed by atoms with E-state index in [0.29, 0.717) is 11.6 Å². The molecule has 0 spiro atoms. The highest BCUT2D eigenvalue weighted by molar-refractivity contribution is 6.01. The molecule has 1 N–H and O–H groups in total. The van der Waals surface area contributed by atoms with Gasteiger partial charge in [-0.15, -0.1) is 0 Å². The first-order valence-electron chi connectivity index (χ1n) is 9.22. The Bertz CT molecular complexity index is 1050. The van der Waals surface area contributed by atoms with E-state index >= 15 is 0 Å². The first-order chi connectivity index (χ1) is 14.3. The van der Waals surface area contributed by atoms with Crippen LogP contribution in [-0.4, -0.2) is 36.4 Å². The van der Waals surface area contributed by atoms with Crippen molar-refractivity contribution in [2.45, 2.75) is 12.8 Å². The van der Waals surface area contributed by atoms with Gasteiger partial charge in [-0.25, -0.2) is 13.6 Å². The smallest absolute Gasteiger partial charge is 0.410 e. The van der Waals surface area contributed by atoms with Gasteiger partial charge in [-0.05, 0) is 24.1 Å². The standard InChI is InChI=1S/C21H17F2N5O2/c1-2-30-20(29)28-6-5-13-15(8-24)19(27)21(10-25,11-26)18(16(13)9-28)14-4-3-12(22)7-17(14)23/h3-5,7,15-16,18,27H,2,6,9H2,1H3/t15?,16-,18+/m1/s1. The Morgan fingerprint density at radius 3 is 2.60 bits per heavy atom. The molecule has 7 nitrogen and oxygen atoms in total. The minimum Gasteiger partial charge on any atom is -0.450 e. The number of rotatable bonds is 2. The lowest BCUT2D eigenvalue weighted by molar-refractivity contribution is 0.0990. The molecule has 1 saturated carbocycles. The fraction of sp³-hybridized carbons (Fsp3) is 0.381. The van der Waals surface area contributed by atoms with Crippen LogP contribution in [0.2, 0.25) is 0 Å². The van der Waals surface area contributed by atoms with Gasteiger partial charge in [-0.1, -0.05) is 12.1 Å². The van der Waals surface area contributed by atoms with Gasteiger partial charge in [0.15, 0.2) is 5.41 Å². The second-order valence-electron chi connectivity index (χ2n) is 7.07. The van der Waals surface area contributed by atoms with Gasteiger partial charge < -0.3 is 15.0 Å². The maximum Gasteiger partial charge on any atom is 0.410 e. The molecule has 2 aliphatic rings. The van der Waals surface area contributed by atoms with Crippen LogP contribution in [0.4, 0.5) is 13.6 Å². The molecule has 3 atom stereocenters. The number of nitrogens with one attached hydrogen (secondary N) is 1. The van der Waals surface area contributed by atoms with Crippen LogP contribution in [0.3, 0.4) is 0 Å². The predicted molar refractivity (Wildman–Crippen MR) is 99.8 cm³/mol. The van der Waals surface area contributed by atoms with Crippen LogP contribution in [0.5, 0.6) is 0 Å². The van der Waals surface area contributed by atoms with Gasteiger partial charge in [-0.2, -0.15) is 15.8 Å². The molecule has 0 saturated heterocycles. The van der Waals surface area contributed by atoms with E-state index in [9.17, 15) is 29.4 Å². The van der Waals surface area contributed by atoms with Crippen molar-refractivity contribution >= 4 is 11.8 Å². The molecule has 0 aromatic heterocycles. The third-order valence-corrected chi connectivity index (χ3v) is 5.61. The van der Waals surface area contributed by atoms with Crippen LogP contribution in [-0.2, 0) is 4.74 Å². The minimum atomic E-state index is -2.15. The lowest BCUT2D eigenvalue weighted by atomic mass is 9.54. The van der Waals surface area contributed by atoms with Gasteiger partial charge in [0.1, 0.15) is 17.6 Å². The van der Waals surface area contributed by atoms with Crippen molar-refractivity contribution < 1.29 is 18.3 Å². The van der Waals surface area contributed by atoms with Gasteiger partial charge in [0.25, 0.3) is 0 Å². The zero-order valence-corrected chi connectivity index (χ0v) is 16.0. The number of carbonyl (C=O) groups excluding carboxylic acids is 1. The Morgan fingerprint density at radius 2 is 2.03 bits per heavy atom. The van der Waals surface area contributed by atoms with Gasteiger partial charge in [-0.3, -0.25) is 0 Å². The Kier molecular flexibility index (Phi) is 5.54. The number of halogens is 2. The summed E-state index contributed by atoms with van der Waals surface area (Å²) in [5.41, 5.74) is -2.28. The summed E-state index contributed by atoms with van der Waals surface area (Å²) in [6, 6.07) is 8.38. The molecule has 1 aromatic carbocycles. The van der Waals surface area contributed by atoms with Crippen LogP contribution in [0.1, 0.15) is 18.4 Å². The Balaban J connectivity index is 2.23. The summed E-state index contributed by atoms with van der Waals surface area (Å²) in [6.45, 7) is 1.85. The average molecular weight is 409 g/mol. The summed E-state index contributed by atoms with van der Waals surface area (Å²) in [5.74, 6) is -4.97. The van der Waals surface area contributed by atoms with Crippen molar-refractivity contribution in [1.82, 2.24) is 4.90 Å². The van der Waals surface area contributed by atoms with E-state index in [2.05, 4.69) is 0 Å². The number of hydrogen-bond donors (Lipinski definition) is 1. The molecule has 0 bridgehead atoms. The average Bonchev–Trinajstić information content (AvgIpc) is 2.73. The fourth-order valence-electron chi connectivity index (χ4n) is 4.27. The van der Waals surface area contributed by atoms with Gasteiger partial charge in [0.05, 0.1) is 30.5 Å². The van der Waals surface area contributed by atoms with Crippen LogP contribution >= 0.6 is 0 Å². The summed E-state index contributed by atoms with van der Waals surface area (Å²) >= 11 is 0. The van der Waals surface area contributed by atoms with E-state index in [0.717, 1.165) is 12.1 Å². The maximum absolute atomic E-state index is 14.8. The van der Waals surface area contributed by atoms with Gasteiger partial charge in [0.2, 0.25) is 0 Å². The molecular weight excluding hydrogens is 392 g/mol. The van der Waals surface area contributed by atoms with E-state index in [1.165, 1.54) is 4.90 Å². The van der Waals surface area contributed by atoms with Crippen molar-refractivity contribution in [3.63, 3.8) is 0 Å². The van der Waals surface area contributed by atoms with Crippen molar-refractivity contribution in [3.05, 3.63) is 47.0 Å². The van der Waals surface area contributed by atoms with Crippen molar-refractivity contribution in [2.24, 2.45) is 17.3 Å². The largest absolute Gasteiger partial charge is 0.450 e. The Labute approximate surface area is 171 Å². The molecule has 1 unspecified atom stereocenters. The van der Waals surface area contributed by atoms with Crippen molar-refractivity contribution in [2.75, 3.05) is 19.7 Å². The highest BCUT2D eigenvalue weighted by Gasteiger charge is 2.58.